The van der Waals surface area contributed by atoms with Gasteiger partial charge in [-0.25, -0.2) is 9.97 Å². The zero-order valence-corrected chi connectivity index (χ0v) is 12.3. The van der Waals surface area contributed by atoms with E-state index in [4.69, 9.17) is 4.74 Å². The van der Waals surface area contributed by atoms with E-state index in [0.717, 1.165) is 0 Å². The van der Waals surface area contributed by atoms with E-state index in [1.807, 2.05) is 0 Å². The summed E-state index contributed by atoms with van der Waals surface area (Å²) < 4.78 is 6.95. The number of ether oxygens (including phenoxy) is 1. The summed E-state index contributed by atoms with van der Waals surface area (Å²) in [5.41, 5.74) is -0.0559. The standard InChI is InChI=1S/C13H18N4O6/c1-5-15-12-9(13(22)16-5)17(4-14-12)8-2-6(19)10(20)11(21)7(3-18)23-8/h4,6-8,10-11,18-21H,2-3H2,1H3,(H,15,16,22)/t6-,7+,8?,10+,11+/m0/s1. The maximum Gasteiger partial charge on any atom is 0.277 e. The van der Waals surface area contributed by atoms with Crippen molar-refractivity contribution < 1.29 is 25.2 Å². The lowest BCUT2D eigenvalue weighted by atomic mass is 10.0. The van der Waals surface area contributed by atoms with Crippen molar-refractivity contribution in [1.29, 1.82) is 0 Å². The molecule has 10 nitrogen and oxygen atoms in total. The third-order valence-electron chi connectivity index (χ3n) is 3.95. The van der Waals surface area contributed by atoms with Crippen molar-refractivity contribution in [3.63, 3.8) is 0 Å². The number of hydrogen-bond donors (Lipinski definition) is 5. The minimum Gasteiger partial charge on any atom is -0.394 e. The first-order valence-corrected chi connectivity index (χ1v) is 7.16. The van der Waals surface area contributed by atoms with Crippen molar-refractivity contribution in [3.05, 3.63) is 22.5 Å². The highest BCUT2D eigenvalue weighted by atomic mass is 16.5. The number of aryl methyl sites for hydroxylation is 1. The zero-order chi connectivity index (χ0) is 16.7. The molecule has 1 unspecified atom stereocenters. The van der Waals surface area contributed by atoms with Crippen molar-refractivity contribution in [2.45, 2.75) is 44.0 Å². The molecular weight excluding hydrogens is 308 g/mol. The average molecular weight is 326 g/mol. The fraction of sp³-hybridized carbons (Fsp3) is 0.615. The summed E-state index contributed by atoms with van der Waals surface area (Å²) in [5.74, 6) is 0.411. The first-order chi connectivity index (χ1) is 10.9. The lowest BCUT2D eigenvalue weighted by molar-refractivity contribution is -0.130. The van der Waals surface area contributed by atoms with Gasteiger partial charge in [-0.15, -0.1) is 0 Å². The maximum absolute atomic E-state index is 12.1. The molecule has 3 heterocycles. The Hall–Kier alpha value is -1.85. The van der Waals surface area contributed by atoms with Gasteiger partial charge in [0.05, 0.1) is 19.0 Å². The Labute approximate surface area is 130 Å². The molecular formula is C13H18N4O6. The first kappa shape index (κ1) is 16.0. The van der Waals surface area contributed by atoms with Gasteiger partial charge in [0.2, 0.25) is 0 Å². The van der Waals surface area contributed by atoms with E-state index in [0.29, 0.717) is 5.82 Å². The zero-order valence-electron chi connectivity index (χ0n) is 12.3. The molecule has 10 heteroatoms. The highest BCUT2D eigenvalue weighted by Crippen LogP contribution is 2.28. The molecule has 5 atom stereocenters. The Bertz CT molecular complexity index is 758. The summed E-state index contributed by atoms with van der Waals surface area (Å²) in [6, 6.07) is 0. The van der Waals surface area contributed by atoms with Crippen LogP contribution in [0.3, 0.4) is 0 Å². The number of aliphatic hydroxyl groups is 4. The number of nitrogens with one attached hydrogen (secondary N) is 1. The van der Waals surface area contributed by atoms with E-state index in [1.165, 1.54) is 10.9 Å². The van der Waals surface area contributed by atoms with Gasteiger partial charge in [-0.2, -0.15) is 0 Å². The van der Waals surface area contributed by atoms with Crippen molar-refractivity contribution in [2.24, 2.45) is 0 Å². The molecule has 3 rings (SSSR count). The Kier molecular flexibility index (Phi) is 4.17. The second kappa shape index (κ2) is 5.98. The van der Waals surface area contributed by atoms with Gasteiger partial charge in [-0.3, -0.25) is 9.36 Å². The van der Waals surface area contributed by atoms with Crippen LogP contribution < -0.4 is 5.56 Å². The SMILES string of the molecule is Cc1nc2ncn(C3C[C@H](O)[C@@H](O)[C@H](O)[C@@H](CO)O3)c2c(=O)[nH]1. The van der Waals surface area contributed by atoms with Crippen molar-refractivity contribution in [1.82, 2.24) is 19.5 Å². The Morgan fingerprint density at radius 1 is 1.39 bits per heavy atom. The normalized spacial score (nSPS) is 32.1. The van der Waals surface area contributed by atoms with E-state index >= 15 is 0 Å². The fourth-order valence-corrected chi connectivity index (χ4v) is 2.74. The minimum absolute atomic E-state index is 0.0898. The van der Waals surface area contributed by atoms with Crippen molar-refractivity contribution in [3.8, 4) is 0 Å². The maximum atomic E-state index is 12.1. The quantitative estimate of drug-likeness (QED) is 0.416. The largest absolute Gasteiger partial charge is 0.394 e. The van der Waals surface area contributed by atoms with Crippen LogP contribution in [0.1, 0.15) is 18.5 Å². The predicted molar refractivity (Wildman–Crippen MR) is 76.5 cm³/mol. The molecule has 2 aromatic heterocycles. The third kappa shape index (κ3) is 2.75. The van der Waals surface area contributed by atoms with Crippen LogP contribution in [0.4, 0.5) is 0 Å². The van der Waals surface area contributed by atoms with Gasteiger partial charge in [-0.05, 0) is 6.92 Å². The van der Waals surface area contributed by atoms with Gasteiger partial charge >= 0.3 is 0 Å². The number of hydrogen-bond acceptors (Lipinski definition) is 8. The van der Waals surface area contributed by atoms with Crippen LogP contribution in [0.5, 0.6) is 0 Å². The lowest BCUT2D eigenvalue weighted by Gasteiger charge is -2.24. The van der Waals surface area contributed by atoms with E-state index in [9.17, 15) is 25.2 Å². The number of nitrogens with zero attached hydrogens (tertiary/aromatic N) is 3. The summed E-state index contributed by atoms with van der Waals surface area (Å²) in [6.45, 7) is 1.07. The second-order valence-corrected chi connectivity index (χ2v) is 5.57. The van der Waals surface area contributed by atoms with E-state index in [2.05, 4.69) is 15.0 Å². The number of aromatic nitrogens is 4. The molecule has 1 aliphatic rings. The number of fused-ring (bicyclic) bond motifs is 1. The van der Waals surface area contributed by atoms with Gasteiger partial charge in [0, 0.05) is 6.42 Å². The highest BCUT2D eigenvalue weighted by molar-refractivity contribution is 5.69. The molecule has 0 aliphatic carbocycles. The van der Waals surface area contributed by atoms with Gasteiger partial charge in [0.1, 0.15) is 30.4 Å². The molecule has 2 aromatic rings. The van der Waals surface area contributed by atoms with Crippen LogP contribution in [-0.4, -0.2) is 71.0 Å². The highest BCUT2D eigenvalue weighted by Gasteiger charge is 2.39. The molecule has 5 N–H and O–H groups in total. The molecule has 23 heavy (non-hydrogen) atoms. The second-order valence-electron chi connectivity index (χ2n) is 5.57. The van der Waals surface area contributed by atoms with E-state index in [1.54, 1.807) is 6.92 Å². The number of imidazole rings is 1. The Morgan fingerprint density at radius 2 is 2.13 bits per heavy atom. The van der Waals surface area contributed by atoms with Gasteiger partial charge in [0.15, 0.2) is 11.2 Å². The van der Waals surface area contributed by atoms with E-state index in [-0.39, 0.29) is 17.6 Å². The monoisotopic (exact) mass is 326 g/mol. The summed E-state index contributed by atoms with van der Waals surface area (Å²) in [5, 5.41) is 39.1. The van der Waals surface area contributed by atoms with Crippen molar-refractivity contribution in [2.75, 3.05) is 6.61 Å². The molecule has 0 amide bonds. The topological polar surface area (TPSA) is 154 Å². The number of H-pyrrole nitrogens is 1. The van der Waals surface area contributed by atoms with Crippen LogP contribution in [-0.2, 0) is 4.74 Å². The van der Waals surface area contributed by atoms with Gasteiger partial charge in [-0.1, -0.05) is 0 Å². The van der Waals surface area contributed by atoms with Crippen LogP contribution in [0.15, 0.2) is 11.1 Å². The molecule has 0 bridgehead atoms. The summed E-state index contributed by atoms with van der Waals surface area (Å²) in [4.78, 5) is 22.9. The number of aliphatic hydroxyl groups excluding tert-OH is 4. The summed E-state index contributed by atoms with van der Waals surface area (Å²) in [6.07, 6.45) is -4.97. The van der Waals surface area contributed by atoms with E-state index < -0.39 is 42.8 Å². The van der Waals surface area contributed by atoms with Crippen LogP contribution in [0, 0.1) is 6.92 Å². The lowest BCUT2D eigenvalue weighted by Crippen LogP contribution is -2.44. The van der Waals surface area contributed by atoms with Gasteiger partial charge < -0.3 is 30.1 Å². The fourth-order valence-electron chi connectivity index (χ4n) is 2.74. The first-order valence-electron chi connectivity index (χ1n) is 7.16. The van der Waals surface area contributed by atoms with Crippen molar-refractivity contribution >= 4 is 11.2 Å². The Balaban J connectivity index is 2.05. The van der Waals surface area contributed by atoms with Crippen LogP contribution >= 0.6 is 0 Å². The molecule has 0 spiro atoms. The molecule has 1 aliphatic heterocycles. The third-order valence-corrected chi connectivity index (χ3v) is 3.95. The average Bonchev–Trinajstić information content (AvgIpc) is 2.89. The molecule has 1 saturated heterocycles. The molecule has 1 fully saturated rings. The molecule has 0 saturated carbocycles. The number of aromatic amines is 1. The van der Waals surface area contributed by atoms with Gasteiger partial charge in [0.25, 0.3) is 5.56 Å². The summed E-state index contributed by atoms with van der Waals surface area (Å²) >= 11 is 0. The Morgan fingerprint density at radius 3 is 2.83 bits per heavy atom. The smallest absolute Gasteiger partial charge is 0.277 e. The van der Waals surface area contributed by atoms with Crippen LogP contribution in [0.25, 0.3) is 11.2 Å². The number of rotatable bonds is 2. The summed E-state index contributed by atoms with van der Waals surface area (Å²) in [7, 11) is 0. The molecule has 0 aromatic carbocycles. The predicted octanol–water partition coefficient (Wildman–Crippen LogP) is -2.21. The minimum atomic E-state index is -1.47. The van der Waals surface area contributed by atoms with Crippen LogP contribution in [0.2, 0.25) is 0 Å². The molecule has 126 valence electrons. The molecule has 0 radical (unpaired) electrons.